The minimum atomic E-state index is -0.536. The molecule has 1 aliphatic rings. The summed E-state index contributed by atoms with van der Waals surface area (Å²) < 4.78 is 5.42. The number of imide groups is 1. The maximum absolute atomic E-state index is 12.9. The largest absolute Gasteiger partial charge is 0.494 e. The number of amidine groups is 1. The Bertz CT molecular complexity index is 918. The number of hydrogen-bond donors (Lipinski definition) is 1. The molecule has 1 saturated heterocycles. The molecular weight excluding hydrogens is 410 g/mol. The number of thioether (sulfide) groups is 1. The lowest BCUT2D eigenvalue weighted by Crippen LogP contribution is -2.31. The number of carbonyl (C=O) groups is 2. The molecule has 2 aromatic rings. The van der Waals surface area contributed by atoms with Gasteiger partial charge in [0.05, 0.1) is 12.3 Å². The number of nitrogens with zero attached hydrogens (tertiary/aromatic N) is 2. The number of nitrogens with one attached hydrogen (secondary N) is 1. The number of ether oxygens (including phenoxy) is 1. The van der Waals surface area contributed by atoms with Crippen LogP contribution in [-0.4, -0.2) is 35.4 Å². The van der Waals surface area contributed by atoms with Crippen molar-refractivity contribution < 1.29 is 14.3 Å². The van der Waals surface area contributed by atoms with E-state index in [2.05, 4.69) is 10.3 Å². The molecular formula is C21H22ClN3O3S. The number of rotatable bonds is 6. The fourth-order valence-electron chi connectivity index (χ4n) is 2.90. The summed E-state index contributed by atoms with van der Waals surface area (Å²) in [6.07, 6.45) is 0.122. The quantitative estimate of drug-likeness (QED) is 0.411. The van der Waals surface area contributed by atoms with Crippen LogP contribution < -0.4 is 15.0 Å². The summed E-state index contributed by atoms with van der Waals surface area (Å²) in [5.74, 6) is 0.223. The van der Waals surface area contributed by atoms with Crippen LogP contribution in [-0.2, 0) is 9.59 Å². The minimum absolute atomic E-state index is 0.122. The standard InChI is InChI=1S/C21H22ClN3O3S/c1-3-23-21(24-15-7-5-6-14(22)12-15)29-18-13-19(26)25(20(18)27)16-8-10-17(11-9-16)28-4-2/h5-12,18H,3-4,13H2,1-2H3,(H,23,24)/t18-/m1/s1. The van der Waals surface area contributed by atoms with E-state index in [0.29, 0.717) is 34.8 Å². The van der Waals surface area contributed by atoms with Crippen LogP contribution in [0.15, 0.2) is 53.5 Å². The second-order valence-electron chi connectivity index (χ2n) is 6.22. The molecule has 3 rings (SSSR count). The van der Waals surface area contributed by atoms with E-state index in [1.165, 1.54) is 16.7 Å². The molecule has 1 N–H and O–H groups in total. The SMILES string of the molecule is CCN=C(Nc1cccc(Cl)c1)S[C@@H]1CC(=O)N(c2ccc(OCC)cc2)C1=O. The summed E-state index contributed by atoms with van der Waals surface area (Å²) in [6.45, 7) is 4.91. The Hall–Kier alpha value is -2.51. The molecule has 29 heavy (non-hydrogen) atoms. The van der Waals surface area contributed by atoms with E-state index in [0.717, 1.165) is 5.69 Å². The average Bonchev–Trinajstić information content (AvgIpc) is 2.96. The van der Waals surface area contributed by atoms with Gasteiger partial charge < -0.3 is 10.1 Å². The number of amides is 2. The lowest BCUT2D eigenvalue weighted by atomic mass is 10.3. The van der Waals surface area contributed by atoms with Crippen LogP contribution in [0.3, 0.4) is 0 Å². The Morgan fingerprint density at radius 3 is 2.66 bits per heavy atom. The van der Waals surface area contributed by atoms with E-state index < -0.39 is 5.25 Å². The fraction of sp³-hybridized carbons (Fsp3) is 0.286. The second-order valence-corrected chi connectivity index (χ2v) is 7.85. The summed E-state index contributed by atoms with van der Waals surface area (Å²) in [7, 11) is 0. The molecule has 2 aromatic carbocycles. The van der Waals surface area contributed by atoms with Crippen molar-refractivity contribution in [1.29, 1.82) is 0 Å². The first-order chi connectivity index (χ1) is 14.0. The van der Waals surface area contributed by atoms with Crippen molar-refractivity contribution in [2.75, 3.05) is 23.4 Å². The number of benzene rings is 2. The molecule has 152 valence electrons. The van der Waals surface area contributed by atoms with E-state index in [9.17, 15) is 9.59 Å². The Labute approximate surface area is 179 Å². The van der Waals surface area contributed by atoms with Gasteiger partial charge in [-0.15, -0.1) is 0 Å². The van der Waals surface area contributed by atoms with Gasteiger partial charge in [-0.25, -0.2) is 4.90 Å². The highest BCUT2D eigenvalue weighted by Gasteiger charge is 2.40. The van der Waals surface area contributed by atoms with Gasteiger partial charge in [-0.2, -0.15) is 0 Å². The lowest BCUT2D eigenvalue weighted by molar-refractivity contribution is -0.121. The lowest BCUT2D eigenvalue weighted by Gasteiger charge is -2.16. The second kappa shape index (κ2) is 9.80. The predicted octanol–water partition coefficient (Wildman–Crippen LogP) is 4.59. The molecule has 0 bridgehead atoms. The first-order valence-electron chi connectivity index (χ1n) is 9.35. The third-order valence-corrected chi connectivity index (χ3v) is 5.49. The van der Waals surface area contributed by atoms with Crippen LogP contribution in [0.1, 0.15) is 20.3 Å². The monoisotopic (exact) mass is 431 g/mol. The third-order valence-electron chi connectivity index (χ3n) is 4.14. The molecule has 0 aromatic heterocycles. The predicted molar refractivity (Wildman–Crippen MR) is 119 cm³/mol. The van der Waals surface area contributed by atoms with Crippen molar-refractivity contribution in [2.24, 2.45) is 4.99 Å². The van der Waals surface area contributed by atoms with Crippen LogP contribution in [0.5, 0.6) is 5.75 Å². The molecule has 6 nitrogen and oxygen atoms in total. The number of halogens is 1. The van der Waals surface area contributed by atoms with Gasteiger partial charge in [-0.05, 0) is 56.3 Å². The van der Waals surface area contributed by atoms with E-state index in [4.69, 9.17) is 16.3 Å². The smallest absolute Gasteiger partial charge is 0.247 e. The van der Waals surface area contributed by atoms with Crippen LogP contribution in [0.25, 0.3) is 0 Å². The van der Waals surface area contributed by atoms with Crippen molar-refractivity contribution in [2.45, 2.75) is 25.5 Å². The first kappa shape index (κ1) is 21.2. The zero-order valence-corrected chi connectivity index (χ0v) is 17.8. The minimum Gasteiger partial charge on any atom is -0.494 e. The molecule has 1 heterocycles. The summed E-state index contributed by atoms with van der Waals surface area (Å²) in [6, 6.07) is 14.2. The third kappa shape index (κ3) is 5.31. The molecule has 0 unspecified atom stereocenters. The van der Waals surface area contributed by atoms with Gasteiger partial charge in [0.25, 0.3) is 0 Å². The summed E-state index contributed by atoms with van der Waals surface area (Å²) in [5.41, 5.74) is 1.32. The van der Waals surface area contributed by atoms with Gasteiger partial charge in [0, 0.05) is 23.7 Å². The zero-order valence-electron chi connectivity index (χ0n) is 16.2. The molecule has 1 aliphatic heterocycles. The normalized spacial score (nSPS) is 17.0. The molecule has 0 aliphatic carbocycles. The van der Waals surface area contributed by atoms with Gasteiger partial charge >= 0.3 is 0 Å². The van der Waals surface area contributed by atoms with E-state index >= 15 is 0 Å². The fourth-order valence-corrected chi connectivity index (χ4v) is 4.17. The molecule has 1 atom stereocenters. The molecule has 8 heteroatoms. The number of aliphatic imine (C=N–C) groups is 1. The highest BCUT2D eigenvalue weighted by molar-refractivity contribution is 8.15. The summed E-state index contributed by atoms with van der Waals surface area (Å²) in [5, 5.41) is 3.83. The van der Waals surface area contributed by atoms with E-state index in [1.54, 1.807) is 36.4 Å². The van der Waals surface area contributed by atoms with Gasteiger partial charge in [0.1, 0.15) is 11.0 Å². The maximum Gasteiger partial charge on any atom is 0.247 e. The number of hydrogen-bond acceptors (Lipinski definition) is 5. The topological polar surface area (TPSA) is 71.0 Å². The highest BCUT2D eigenvalue weighted by Crippen LogP contribution is 2.31. The van der Waals surface area contributed by atoms with Crippen molar-refractivity contribution in [3.05, 3.63) is 53.6 Å². The zero-order chi connectivity index (χ0) is 20.8. The Kier molecular flexibility index (Phi) is 7.17. The Balaban J connectivity index is 1.72. The van der Waals surface area contributed by atoms with E-state index in [1.807, 2.05) is 26.0 Å². The van der Waals surface area contributed by atoms with Crippen LogP contribution in [0.2, 0.25) is 5.02 Å². The van der Waals surface area contributed by atoms with Crippen molar-refractivity contribution in [3.63, 3.8) is 0 Å². The summed E-state index contributed by atoms with van der Waals surface area (Å²) >= 11 is 7.29. The average molecular weight is 432 g/mol. The first-order valence-corrected chi connectivity index (χ1v) is 10.6. The molecule has 0 spiro atoms. The van der Waals surface area contributed by atoms with Gasteiger partial charge in [0.2, 0.25) is 11.8 Å². The van der Waals surface area contributed by atoms with E-state index in [-0.39, 0.29) is 18.2 Å². The number of anilines is 2. The van der Waals surface area contributed by atoms with Crippen LogP contribution in [0.4, 0.5) is 11.4 Å². The molecule has 1 fully saturated rings. The van der Waals surface area contributed by atoms with Gasteiger partial charge in [-0.3, -0.25) is 14.6 Å². The van der Waals surface area contributed by atoms with Crippen molar-refractivity contribution in [3.8, 4) is 5.75 Å². The Morgan fingerprint density at radius 2 is 2.00 bits per heavy atom. The summed E-state index contributed by atoms with van der Waals surface area (Å²) in [4.78, 5) is 31.1. The van der Waals surface area contributed by atoms with Gasteiger partial charge in [0.15, 0.2) is 5.17 Å². The highest BCUT2D eigenvalue weighted by atomic mass is 35.5. The molecule has 0 saturated carbocycles. The maximum atomic E-state index is 12.9. The van der Waals surface area contributed by atoms with Crippen LogP contribution in [0, 0.1) is 0 Å². The van der Waals surface area contributed by atoms with Crippen LogP contribution >= 0.6 is 23.4 Å². The van der Waals surface area contributed by atoms with Crippen molar-refractivity contribution in [1.82, 2.24) is 0 Å². The number of carbonyl (C=O) groups excluding carboxylic acids is 2. The Morgan fingerprint density at radius 1 is 1.24 bits per heavy atom. The molecule has 2 amide bonds. The van der Waals surface area contributed by atoms with Gasteiger partial charge in [-0.1, -0.05) is 29.4 Å². The molecule has 0 radical (unpaired) electrons. The van der Waals surface area contributed by atoms with Crippen molar-refractivity contribution >= 4 is 51.7 Å².